The van der Waals surface area contributed by atoms with Gasteiger partial charge in [-0.3, -0.25) is 4.79 Å². The predicted molar refractivity (Wildman–Crippen MR) is 59.0 cm³/mol. The smallest absolute Gasteiger partial charge is 0.310 e. The number of carbonyl (C=O) groups is 1. The fourth-order valence-electron chi connectivity index (χ4n) is 2.10. The number of benzene rings is 1. The van der Waals surface area contributed by atoms with Crippen molar-refractivity contribution < 1.29 is 14.6 Å². The monoisotopic (exact) mass is 221 g/mol. The first-order valence-electron chi connectivity index (χ1n) is 5.31. The number of phenols is 1. The van der Waals surface area contributed by atoms with Crippen molar-refractivity contribution >= 4 is 5.97 Å². The van der Waals surface area contributed by atoms with Gasteiger partial charge in [-0.15, -0.1) is 0 Å². The number of carbonyl (C=O) groups excluding carboxylic acids is 1. The lowest BCUT2D eigenvalue weighted by molar-refractivity contribution is -0.144. The Balaban J connectivity index is 2.09. The van der Waals surface area contributed by atoms with Crippen molar-refractivity contribution in [3.8, 4) is 5.75 Å². The molecule has 1 aliphatic heterocycles. The molecule has 0 amide bonds. The van der Waals surface area contributed by atoms with Crippen molar-refractivity contribution in [1.29, 1.82) is 0 Å². The first-order valence-corrected chi connectivity index (χ1v) is 5.31. The summed E-state index contributed by atoms with van der Waals surface area (Å²) in [6.45, 7) is 0.603. The lowest BCUT2D eigenvalue weighted by Crippen LogP contribution is -2.19. The highest BCUT2D eigenvalue weighted by molar-refractivity contribution is 5.73. The second kappa shape index (κ2) is 4.53. The Bertz CT molecular complexity index is 392. The largest absolute Gasteiger partial charge is 0.508 e. The van der Waals surface area contributed by atoms with Gasteiger partial charge in [-0.25, -0.2) is 0 Å². The Morgan fingerprint density at radius 3 is 2.94 bits per heavy atom. The maximum Gasteiger partial charge on any atom is 0.310 e. The molecule has 2 N–H and O–H groups in total. The Kier molecular flexibility index (Phi) is 3.10. The van der Waals surface area contributed by atoms with Gasteiger partial charge in [0.05, 0.1) is 13.0 Å². The minimum Gasteiger partial charge on any atom is -0.508 e. The van der Waals surface area contributed by atoms with E-state index in [1.54, 1.807) is 12.1 Å². The first-order chi connectivity index (χ1) is 7.72. The maximum absolute atomic E-state index is 11.4. The molecule has 2 atom stereocenters. The fraction of sp³-hybridized carbons (Fsp3) is 0.417. The minimum absolute atomic E-state index is 0.0327. The van der Waals surface area contributed by atoms with Gasteiger partial charge in [-0.2, -0.15) is 0 Å². The summed E-state index contributed by atoms with van der Waals surface area (Å²) in [4.78, 5) is 11.4. The summed E-state index contributed by atoms with van der Waals surface area (Å²) < 4.78 is 4.71. The topological polar surface area (TPSA) is 58.6 Å². The summed E-state index contributed by atoms with van der Waals surface area (Å²) >= 11 is 0. The molecule has 1 saturated heterocycles. The summed E-state index contributed by atoms with van der Waals surface area (Å²) in [7, 11) is 1.40. The number of methoxy groups -OCH3 is 1. The number of phenolic OH excluding ortho intramolecular Hbond substituents is 1. The van der Waals surface area contributed by atoms with Gasteiger partial charge in [0.2, 0.25) is 0 Å². The van der Waals surface area contributed by atoms with Gasteiger partial charge in [0, 0.05) is 18.2 Å². The zero-order valence-electron chi connectivity index (χ0n) is 9.14. The third kappa shape index (κ3) is 2.02. The molecule has 1 aromatic carbocycles. The Hall–Kier alpha value is -1.55. The van der Waals surface area contributed by atoms with Gasteiger partial charge in [-0.1, -0.05) is 18.2 Å². The average molecular weight is 221 g/mol. The predicted octanol–water partition coefficient (Wildman–Crippen LogP) is 1.22. The second-order valence-corrected chi connectivity index (χ2v) is 3.98. The van der Waals surface area contributed by atoms with Crippen LogP contribution in [0.3, 0.4) is 0 Å². The average Bonchev–Trinajstić information content (AvgIpc) is 2.78. The van der Waals surface area contributed by atoms with Crippen LogP contribution < -0.4 is 5.32 Å². The van der Waals surface area contributed by atoms with E-state index in [1.165, 1.54) is 7.11 Å². The van der Waals surface area contributed by atoms with E-state index in [4.69, 9.17) is 4.74 Å². The number of nitrogens with one attached hydrogen (secondary N) is 1. The van der Waals surface area contributed by atoms with Gasteiger partial charge in [0.1, 0.15) is 5.75 Å². The van der Waals surface area contributed by atoms with Gasteiger partial charge in [-0.05, 0) is 12.5 Å². The quantitative estimate of drug-likeness (QED) is 0.737. The van der Waals surface area contributed by atoms with Crippen molar-refractivity contribution in [2.45, 2.75) is 12.5 Å². The summed E-state index contributed by atoms with van der Waals surface area (Å²) in [5, 5.41) is 12.9. The van der Waals surface area contributed by atoms with E-state index in [1.807, 2.05) is 12.1 Å². The third-order valence-corrected chi connectivity index (χ3v) is 2.98. The highest BCUT2D eigenvalue weighted by Gasteiger charge is 2.31. The zero-order chi connectivity index (χ0) is 11.5. The lowest BCUT2D eigenvalue weighted by Gasteiger charge is -2.12. The molecule has 2 rings (SSSR count). The van der Waals surface area contributed by atoms with Crippen LogP contribution in [-0.4, -0.2) is 24.7 Å². The third-order valence-electron chi connectivity index (χ3n) is 2.98. The molecule has 0 aromatic heterocycles. The van der Waals surface area contributed by atoms with Crippen molar-refractivity contribution in [3.63, 3.8) is 0 Å². The van der Waals surface area contributed by atoms with Gasteiger partial charge >= 0.3 is 5.97 Å². The van der Waals surface area contributed by atoms with Crippen LogP contribution in [0.1, 0.15) is 18.0 Å². The summed E-state index contributed by atoms with van der Waals surface area (Å²) in [5.41, 5.74) is 0.842. The van der Waals surface area contributed by atoms with Crippen LogP contribution in [0.15, 0.2) is 24.3 Å². The molecule has 0 aliphatic carbocycles. The molecule has 1 fully saturated rings. The molecule has 4 heteroatoms. The Morgan fingerprint density at radius 1 is 1.50 bits per heavy atom. The van der Waals surface area contributed by atoms with Crippen LogP contribution in [0.25, 0.3) is 0 Å². The van der Waals surface area contributed by atoms with Gasteiger partial charge < -0.3 is 15.2 Å². The highest BCUT2D eigenvalue weighted by atomic mass is 16.5. The number of hydrogen-bond acceptors (Lipinski definition) is 4. The number of esters is 1. The van der Waals surface area contributed by atoms with Crippen LogP contribution >= 0.6 is 0 Å². The lowest BCUT2D eigenvalue weighted by atomic mass is 9.99. The van der Waals surface area contributed by atoms with E-state index in [0.717, 1.165) is 5.56 Å². The number of aromatic hydroxyl groups is 1. The van der Waals surface area contributed by atoms with Crippen LogP contribution in [0.4, 0.5) is 0 Å². The van der Waals surface area contributed by atoms with E-state index in [2.05, 4.69) is 5.32 Å². The number of hydrogen-bond donors (Lipinski definition) is 2. The van der Waals surface area contributed by atoms with Gasteiger partial charge in [0.15, 0.2) is 0 Å². The molecule has 1 aliphatic rings. The maximum atomic E-state index is 11.4. The normalized spacial score (nSPS) is 24.3. The van der Waals surface area contributed by atoms with Crippen LogP contribution in [0.2, 0.25) is 0 Å². The van der Waals surface area contributed by atoms with Crippen molar-refractivity contribution in [2.24, 2.45) is 5.92 Å². The fourth-order valence-corrected chi connectivity index (χ4v) is 2.10. The van der Waals surface area contributed by atoms with E-state index in [-0.39, 0.29) is 23.7 Å². The van der Waals surface area contributed by atoms with E-state index in [9.17, 15) is 9.90 Å². The Morgan fingerprint density at radius 2 is 2.25 bits per heavy atom. The highest BCUT2D eigenvalue weighted by Crippen LogP contribution is 2.32. The van der Waals surface area contributed by atoms with E-state index in [0.29, 0.717) is 13.0 Å². The standard InChI is InChI=1S/C12H15NO3/c1-16-12(15)8-6-10(13-7-8)9-4-2-3-5-11(9)14/h2-5,8,10,13-14H,6-7H2,1H3. The molecule has 16 heavy (non-hydrogen) atoms. The summed E-state index contributed by atoms with van der Waals surface area (Å²) in [6, 6.07) is 7.22. The molecule has 0 saturated carbocycles. The van der Waals surface area contributed by atoms with Crippen molar-refractivity contribution in [2.75, 3.05) is 13.7 Å². The Labute approximate surface area is 94.2 Å². The summed E-state index contributed by atoms with van der Waals surface area (Å²) in [5.74, 6) is -0.0365. The van der Waals surface area contributed by atoms with Gasteiger partial charge in [0.25, 0.3) is 0 Å². The molecule has 2 unspecified atom stereocenters. The molecular weight excluding hydrogens is 206 g/mol. The number of para-hydroxylation sites is 1. The zero-order valence-corrected chi connectivity index (χ0v) is 9.14. The molecule has 0 bridgehead atoms. The molecule has 0 spiro atoms. The molecule has 86 valence electrons. The molecular formula is C12H15NO3. The summed E-state index contributed by atoms with van der Waals surface area (Å²) in [6.07, 6.45) is 0.671. The molecule has 1 aromatic rings. The number of rotatable bonds is 2. The first kappa shape index (κ1) is 11.0. The molecule has 4 nitrogen and oxygen atoms in total. The molecule has 0 radical (unpaired) electrons. The SMILES string of the molecule is COC(=O)C1CNC(c2ccccc2O)C1. The minimum atomic E-state index is -0.189. The number of ether oxygens (including phenoxy) is 1. The second-order valence-electron chi connectivity index (χ2n) is 3.98. The van der Waals surface area contributed by atoms with Crippen molar-refractivity contribution in [1.82, 2.24) is 5.32 Å². The van der Waals surface area contributed by atoms with E-state index >= 15 is 0 Å². The molecule has 1 heterocycles. The van der Waals surface area contributed by atoms with E-state index < -0.39 is 0 Å². The van der Waals surface area contributed by atoms with Crippen LogP contribution in [-0.2, 0) is 9.53 Å². The van der Waals surface area contributed by atoms with Crippen LogP contribution in [0, 0.1) is 5.92 Å². The van der Waals surface area contributed by atoms with Crippen molar-refractivity contribution in [3.05, 3.63) is 29.8 Å². The van der Waals surface area contributed by atoms with Crippen LogP contribution in [0.5, 0.6) is 5.75 Å².